The van der Waals surface area contributed by atoms with Gasteiger partial charge in [0.05, 0.1) is 11.9 Å². The van der Waals surface area contributed by atoms with Gasteiger partial charge >= 0.3 is 6.03 Å². The molecule has 0 radical (unpaired) electrons. The highest BCUT2D eigenvalue weighted by Crippen LogP contribution is 2.36. The molecule has 0 atom stereocenters. The number of aromatic nitrogens is 3. The number of anilines is 1. The number of pyridine rings is 1. The number of hydrogen-bond acceptors (Lipinski definition) is 4. The average Bonchev–Trinajstić information content (AvgIpc) is 3.28. The molecular formula is C19H15F2N5O2. The largest absolute Gasteiger partial charge is 0.471 e. The molecule has 2 aliphatic heterocycles. The maximum absolute atomic E-state index is 13.4. The first-order chi connectivity index (χ1) is 13.6. The number of halogens is 2. The molecule has 1 N–H and O–H groups in total. The Balaban J connectivity index is 1.37. The highest BCUT2D eigenvalue weighted by molar-refractivity contribution is 5.93. The Bertz CT molecular complexity index is 1060. The van der Waals surface area contributed by atoms with Gasteiger partial charge in [0.2, 0.25) is 5.88 Å². The highest BCUT2D eigenvalue weighted by atomic mass is 19.1. The smallest absolute Gasteiger partial charge is 0.326 e. The van der Waals surface area contributed by atoms with Crippen molar-refractivity contribution in [2.24, 2.45) is 0 Å². The highest BCUT2D eigenvalue weighted by Gasteiger charge is 2.31. The molecule has 7 nitrogen and oxygen atoms in total. The van der Waals surface area contributed by atoms with Gasteiger partial charge in [-0.1, -0.05) is 0 Å². The molecule has 142 valence electrons. The normalized spacial score (nSPS) is 15.4. The Morgan fingerprint density at radius 1 is 1.11 bits per heavy atom. The molecule has 2 amide bonds. The zero-order valence-corrected chi connectivity index (χ0v) is 14.7. The first-order valence-corrected chi connectivity index (χ1v) is 8.76. The molecule has 0 bridgehead atoms. The minimum atomic E-state index is -0.661. The minimum Gasteiger partial charge on any atom is -0.471 e. The Labute approximate surface area is 158 Å². The summed E-state index contributed by atoms with van der Waals surface area (Å²) in [5, 5.41) is 6.90. The van der Waals surface area contributed by atoms with E-state index in [0.717, 1.165) is 22.9 Å². The zero-order valence-electron chi connectivity index (χ0n) is 14.7. The summed E-state index contributed by atoms with van der Waals surface area (Å²) < 4.78 is 32.5. The summed E-state index contributed by atoms with van der Waals surface area (Å²) in [6, 6.07) is 6.61. The van der Waals surface area contributed by atoms with E-state index < -0.39 is 11.6 Å². The molecule has 2 aromatic heterocycles. The number of carbonyl (C=O) groups excluding carboxylic acids is 1. The van der Waals surface area contributed by atoms with E-state index in [1.807, 2.05) is 6.07 Å². The van der Waals surface area contributed by atoms with Gasteiger partial charge in [-0.05, 0) is 29.8 Å². The van der Waals surface area contributed by atoms with Gasteiger partial charge in [0.25, 0.3) is 0 Å². The number of nitrogens with one attached hydrogen (secondary N) is 1. The standard InChI is InChI=1S/C19H15F2N5O2/c20-12-5-11(6-13(21)7-12)9-25-3-4-26(19(25)27)17-2-1-14-15-8-22-24-16(15)10-28-18(14)23-17/h1-2,5-8H,3-4,9-10H2,(H,22,24). The zero-order chi connectivity index (χ0) is 19.3. The molecule has 0 aliphatic carbocycles. The molecule has 0 unspecified atom stereocenters. The van der Waals surface area contributed by atoms with Crippen molar-refractivity contribution >= 4 is 11.8 Å². The molecule has 0 spiro atoms. The SMILES string of the molecule is O=C1N(Cc2cc(F)cc(F)c2)CCN1c1ccc2c(n1)OCc1[nH]ncc1-2. The topological polar surface area (TPSA) is 74.3 Å². The van der Waals surface area contributed by atoms with Crippen LogP contribution in [0.3, 0.4) is 0 Å². The molecular weight excluding hydrogens is 368 g/mol. The summed E-state index contributed by atoms with van der Waals surface area (Å²) >= 11 is 0. The fraction of sp³-hybridized carbons (Fsp3) is 0.211. The van der Waals surface area contributed by atoms with Crippen LogP contribution in [0, 0.1) is 11.6 Å². The summed E-state index contributed by atoms with van der Waals surface area (Å²) in [5.41, 5.74) is 3.04. The van der Waals surface area contributed by atoms with Gasteiger partial charge in [-0.25, -0.2) is 13.6 Å². The van der Waals surface area contributed by atoms with E-state index in [1.54, 1.807) is 12.3 Å². The van der Waals surface area contributed by atoms with Crippen LogP contribution < -0.4 is 9.64 Å². The lowest BCUT2D eigenvalue weighted by Gasteiger charge is -2.21. The molecule has 0 saturated carbocycles. The number of nitrogens with zero attached hydrogens (tertiary/aromatic N) is 4. The van der Waals surface area contributed by atoms with E-state index >= 15 is 0 Å². The molecule has 2 aliphatic rings. The lowest BCUT2D eigenvalue weighted by molar-refractivity contribution is 0.218. The number of hydrogen-bond donors (Lipinski definition) is 1. The Kier molecular flexibility index (Phi) is 3.75. The van der Waals surface area contributed by atoms with Gasteiger partial charge in [0, 0.05) is 36.8 Å². The van der Waals surface area contributed by atoms with Crippen LogP contribution in [0.4, 0.5) is 19.4 Å². The summed E-state index contributed by atoms with van der Waals surface area (Å²) in [7, 11) is 0. The van der Waals surface area contributed by atoms with Crippen LogP contribution in [0.5, 0.6) is 5.88 Å². The van der Waals surface area contributed by atoms with Crippen LogP contribution in [0.1, 0.15) is 11.3 Å². The number of carbonyl (C=O) groups is 1. The number of benzene rings is 1. The maximum atomic E-state index is 13.4. The summed E-state index contributed by atoms with van der Waals surface area (Å²) in [4.78, 5) is 20.3. The third kappa shape index (κ3) is 2.75. The Hall–Kier alpha value is -3.49. The maximum Gasteiger partial charge on any atom is 0.326 e. The van der Waals surface area contributed by atoms with Gasteiger partial charge in [-0.3, -0.25) is 10.00 Å². The van der Waals surface area contributed by atoms with Gasteiger partial charge < -0.3 is 9.64 Å². The number of ether oxygens (including phenoxy) is 1. The van der Waals surface area contributed by atoms with Gasteiger partial charge in [0.15, 0.2) is 0 Å². The predicted octanol–water partition coefficient (Wildman–Crippen LogP) is 3.08. The molecule has 3 aromatic rings. The number of rotatable bonds is 3. The number of amides is 2. The lowest BCUT2D eigenvalue weighted by atomic mass is 10.1. The van der Waals surface area contributed by atoms with E-state index in [4.69, 9.17) is 4.74 Å². The van der Waals surface area contributed by atoms with Crippen molar-refractivity contribution < 1.29 is 18.3 Å². The van der Waals surface area contributed by atoms with E-state index in [1.165, 1.54) is 21.9 Å². The van der Waals surface area contributed by atoms with E-state index in [0.29, 0.717) is 37.0 Å². The minimum absolute atomic E-state index is 0.129. The van der Waals surface area contributed by atoms with E-state index in [-0.39, 0.29) is 12.6 Å². The first kappa shape index (κ1) is 16.7. The van der Waals surface area contributed by atoms with Crippen LogP contribution in [0.2, 0.25) is 0 Å². The summed E-state index contributed by atoms with van der Waals surface area (Å²) in [6.45, 7) is 1.33. The summed E-state index contributed by atoms with van der Waals surface area (Å²) in [5.74, 6) is -0.398. The Morgan fingerprint density at radius 3 is 2.75 bits per heavy atom. The van der Waals surface area contributed by atoms with Crippen molar-refractivity contribution in [2.45, 2.75) is 13.2 Å². The predicted molar refractivity (Wildman–Crippen MR) is 95.7 cm³/mol. The second-order valence-corrected chi connectivity index (χ2v) is 6.71. The molecule has 1 aromatic carbocycles. The Morgan fingerprint density at radius 2 is 1.93 bits per heavy atom. The van der Waals surface area contributed by atoms with Crippen molar-refractivity contribution in [1.82, 2.24) is 20.1 Å². The third-order valence-corrected chi connectivity index (χ3v) is 4.87. The van der Waals surface area contributed by atoms with Crippen molar-refractivity contribution in [3.05, 3.63) is 59.4 Å². The second-order valence-electron chi connectivity index (χ2n) is 6.71. The van der Waals surface area contributed by atoms with Crippen LogP contribution >= 0.6 is 0 Å². The molecule has 4 heterocycles. The fourth-order valence-electron chi connectivity index (χ4n) is 3.56. The number of fused-ring (bicyclic) bond motifs is 3. The van der Waals surface area contributed by atoms with Gasteiger partial charge in [-0.2, -0.15) is 10.1 Å². The van der Waals surface area contributed by atoms with E-state index in [2.05, 4.69) is 15.2 Å². The summed E-state index contributed by atoms with van der Waals surface area (Å²) in [6.07, 6.45) is 1.72. The molecule has 5 rings (SSSR count). The lowest BCUT2D eigenvalue weighted by Crippen LogP contribution is -2.32. The molecule has 9 heteroatoms. The van der Waals surface area contributed by atoms with Crippen LogP contribution in [-0.2, 0) is 13.2 Å². The average molecular weight is 383 g/mol. The number of urea groups is 1. The van der Waals surface area contributed by atoms with Gasteiger partial charge in [-0.15, -0.1) is 0 Å². The van der Waals surface area contributed by atoms with Crippen molar-refractivity contribution in [3.8, 4) is 17.0 Å². The number of aromatic amines is 1. The van der Waals surface area contributed by atoms with Crippen LogP contribution in [-0.4, -0.2) is 39.2 Å². The fourth-order valence-corrected chi connectivity index (χ4v) is 3.56. The van der Waals surface area contributed by atoms with Gasteiger partial charge in [0.1, 0.15) is 24.1 Å². The monoisotopic (exact) mass is 383 g/mol. The second kappa shape index (κ2) is 6.29. The van der Waals surface area contributed by atoms with Crippen molar-refractivity contribution in [3.63, 3.8) is 0 Å². The molecule has 1 fully saturated rings. The molecule has 1 saturated heterocycles. The molecule has 28 heavy (non-hydrogen) atoms. The van der Waals surface area contributed by atoms with Crippen molar-refractivity contribution in [2.75, 3.05) is 18.0 Å². The first-order valence-electron chi connectivity index (χ1n) is 8.76. The quantitative estimate of drug-likeness (QED) is 0.754. The number of H-pyrrole nitrogens is 1. The third-order valence-electron chi connectivity index (χ3n) is 4.87. The van der Waals surface area contributed by atoms with E-state index in [9.17, 15) is 13.6 Å². The van der Waals surface area contributed by atoms with Crippen molar-refractivity contribution in [1.29, 1.82) is 0 Å². The van der Waals surface area contributed by atoms with Crippen LogP contribution in [0.25, 0.3) is 11.1 Å². The van der Waals surface area contributed by atoms with Crippen LogP contribution in [0.15, 0.2) is 36.5 Å².